The van der Waals surface area contributed by atoms with Gasteiger partial charge in [0.05, 0.1) is 6.10 Å². The maximum absolute atomic E-state index is 10.2. The van der Waals surface area contributed by atoms with Gasteiger partial charge < -0.3 is 24.8 Å². The van der Waals surface area contributed by atoms with E-state index in [1.807, 2.05) is 12.1 Å². The zero-order valence-corrected chi connectivity index (χ0v) is 13.9. The van der Waals surface area contributed by atoms with Gasteiger partial charge in [-0.05, 0) is 30.6 Å². The van der Waals surface area contributed by atoms with Crippen LogP contribution in [0.3, 0.4) is 0 Å². The molecule has 0 saturated heterocycles. The van der Waals surface area contributed by atoms with Gasteiger partial charge in [0, 0.05) is 24.8 Å². The molecule has 1 unspecified atom stereocenters. The summed E-state index contributed by atoms with van der Waals surface area (Å²) >= 11 is 0. The van der Waals surface area contributed by atoms with Crippen molar-refractivity contribution in [2.45, 2.75) is 26.5 Å². The molecule has 0 fully saturated rings. The Morgan fingerprint density at radius 3 is 2.21 bits per heavy atom. The summed E-state index contributed by atoms with van der Waals surface area (Å²) in [6.45, 7) is 7.62. The van der Waals surface area contributed by atoms with Crippen LogP contribution in [0.1, 0.15) is 13.8 Å². The molecule has 0 aliphatic carbocycles. The van der Waals surface area contributed by atoms with Gasteiger partial charge >= 0.3 is 11.9 Å². The number of hydrogen-bond donors (Lipinski definition) is 3. The van der Waals surface area contributed by atoms with Gasteiger partial charge in [0.2, 0.25) is 0 Å². The fraction of sp³-hybridized carbons (Fsp3) is 0.412. The molecule has 1 atom stereocenters. The van der Waals surface area contributed by atoms with Gasteiger partial charge in [-0.25, -0.2) is 9.59 Å². The highest BCUT2D eigenvalue weighted by molar-refractivity contribution is 6.27. The fourth-order valence-corrected chi connectivity index (χ4v) is 2.36. The molecule has 0 amide bonds. The molecule has 1 heterocycles. The molecule has 0 aliphatic heterocycles. The van der Waals surface area contributed by atoms with Crippen molar-refractivity contribution in [3.8, 4) is 0 Å². The summed E-state index contributed by atoms with van der Waals surface area (Å²) in [5.74, 6) is -3.65. The number of benzene rings is 1. The maximum Gasteiger partial charge on any atom is 0.414 e. The van der Waals surface area contributed by atoms with Crippen molar-refractivity contribution in [2.24, 2.45) is 0 Å². The number of aliphatic hydroxyl groups excluding tert-OH is 1. The number of para-hydroxylation sites is 1. The molecule has 7 nitrogen and oxygen atoms in total. The van der Waals surface area contributed by atoms with Gasteiger partial charge in [0.25, 0.3) is 0 Å². The fourth-order valence-electron chi connectivity index (χ4n) is 2.36. The molecule has 1 aromatic heterocycles. The number of rotatable bonds is 6. The average Bonchev–Trinajstić information content (AvgIpc) is 2.96. The third-order valence-electron chi connectivity index (χ3n) is 3.63. The zero-order chi connectivity index (χ0) is 18.1. The van der Waals surface area contributed by atoms with Gasteiger partial charge in [-0.15, -0.1) is 0 Å². The van der Waals surface area contributed by atoms with Gasteiger partial charge in [0.15, 0.2) is 0 Å². The lowest BCUT2D eigenvalue weighted by molar-refractivity contribution is -0.159. The number of aromatic nitrogens is 1. The minimum atomic E-state index is -1.82. The third kappa shape index (κ3) is 6.02. The van der Waals surface area contributed by atoms with Gasteiger partial charge in [-0.2, -0.15) is 0 Å². The Kier molecular flexibility index (Phi) is 7.94. The predicted molar refractivity (Wildman–Crippen MR) is 91.0 cm³/mol. The lowest BCUT2D eigenvalue weighted by Crippen LogP contribution is -2.34. The predicted octanol–water partition coefficient (Wildman–Crippen LogP) is 1.50. The third-order valence-corrected chi connectivity index (χ3v) is 3.63. The molecule has 0 radical (unpaired) electrons. The van der Waals surface area contributed by atoms with Crippen molar-refractivity contribution in [3.63, 3.8) is 0 Å². The monoisotopic (exact) mass is 336 g/mol. The SMILES string of the molecule is CCN(CC)CC(O)Cn1ccc2ccccc21.O=C(O)C(=O)O. The molecule has 132 valence electrons. The summed E-state index contributed by atoms with van der Waals surface area (Å²) in [5.41, 5.74) is 1.19. The second kappa shape index (κ2) is 9.69. The summed E-state index contributed by atoms with van der Waals surface area (Å²) in [6, 6.07) is 10.4. The number of carbonyl (C=O) groups is 2. The van der Waals surface area contributed by atoms with Crippen molar-refractivity contribution in [3.05, 3.63) is 36.5 Å². The summed E-state index contributed by atoms with van der Waals surface area (Å²) in [4.78, 5) is 20.4. The molecule has 0 bridgehead atoms. The van der Waals surface area contributed by atoms with Gasteiger partial charge in [0.1, 0.15) is 0 Å². The van der Waals surface area contributed by atoms with Crippen LogP contribution in [-0.2, 0) is 16.1 Å². The Morgan fingerprint density at radius 2 is 1.67 bits per heavy atom. The molecular formula is C17H24N2O5. The standard InChI is InChI=1S/C15H22N2O.C2H2O4/c1-3-16(4-2)11-14(18)12-17-10-9-13-7-5-6-8-15(13)17;3-1(4)2(5)6/h5-10,14,18H,3-4,11-12H2,1-2H3;(H,3,4)(H,5,6). The number of hydrogen-bond acceptors (Lipinski definition) is 4. The van der Waals surface area contributed by atoms with E-state index >= 15 is 0 Å². The van der Waals surface area contributed by atoms with Crippen LogP contribution in [0, 0.1) is 0 Å². The summed E-state index contributed by atoms with van der Waals surface area (Å²) < 4.78 is 2.13. The Bertz CT molecular complexity index is 652. The smallest absolute Gasteiger partial charge is 0.414 e. The van der Waals surface area contributed by atoms with E-state index in [4.69, 9.17) is 19.8 Å². The average molecular weight is 336 g/mol. The highest BCUT2D eigenvalue weighted by atomic mass is 16.4. The van der Waals surface area contributed by atoms with Crippen LogP contribution >= 0.6 is 0 Å². The van der Waals surface area contributed by atoms with E-state index in [0.29, 0.717) is 6.54 Å². The van der Waals surface area contributed by atoms with E-state index in [-0.39, 0.29) is 6.10 Å². The Hall–Kier alpha value is -2.38. The number of aliphatic hydroxyl groups is 1. The molecule has 0 spiro atoms. The number of nitrogens with zero attached hydrogens (tertiary/aromatic N) is 2. The lowest BCUT2D eigenvalue weighted by Gasteiger charge is -2.22. The van der Waals surface area contributed by atoms with E-state index in [9.17, 15) is 5.11 Å². The van der Waals surface area contributed by atoms with Crippen molar-refractivity contribution in [2.75, 3.05) is 19.6 Å². The molecular weight excluding hydrogens is 312 g/mol. The van der Waals surface area contributed by atoms with Gasteiger partial charge in [-0.1, -0.05) is 32.0 Å². The van der Waals surface area contributed by atoms with Crippen LogP contribution in [0.5, 0.6) is 0 Å². The molecule has 0 aliphatic rings. The van der Waals surface area contributed by atoms with Crippen LogP contribution in [0.15, 0.2) is 36.5 Å². The van der Waals surface area contributed by atoms with E-state index in [0.717, 1.165) is 19.6 Å². The zero-order valence-electron chi connectivity index (χ0n) is 13.9. The molecule has 2 aromatic rings. The van der Waals surface area contributed by atoms with Crippen molar-refractivity contribution < 1.29 is 24.9 Å². The van der Waals surface area contributed by atoms with E-state index in [1.54, 1.807) is 0 Å². The largest absolute Gasteiger partial charge is 0.473 e. The first-order chi connectivity index (χ1) is 11.4. The molecule has 24 heavy (non-hydrogen) atoms. The van der Waals surface area contributed by atoms with Crippen LogP contribution < -0.4 is 0 Å². The Morgan fingerprint density at radius 1 is 1.08 bits per heavy atom. The Balaban J connectivity index is 0.000000413. The first-order valence-corrected chi connectivity index (χ1v) is 7.79. The minimum Gasteiger partial charge on any atom is -0.473 e. The van der Waals surface area contributed by atoms with E-state index in [2.05, 4.69) is 47.7 Å². The summed E-state index contributed by atoms with van der Waals surface area (Å²) in [5, 5.41) is 26.2. The molecule has 0 saturated carbocycles. The lowest BCUT2D eigenvalue weighted by atomic mass is 10.2. The van der Waals surface area contributed by atoms with E-state index < -0.39 is 11.9 Å². The second-order valence-corrected chi connectivity index (χ2v) is 5.28. The first kappa shape index (κ1) is 19.7. The van der Waals surface area contributed by atoms with E-state index in [1.165, 1.54) is 10.9 Å². The van der Waals surface area contributed by atoms with Crippen LogP contribution in [-0.4, -0.2) is 62.5 Å². The topological polar surface area (TPSA) is 103 Å². The highest BCUT2D eigenvalue weighted by Crippen LogP contribution is 2.15. The number of carboxylic acid groups (broad SMARTS) is 2. The number of likely N-dealkylation sites (N-methyl/N-ethyl adjacent to an activating group) is 1. The molecule has 2 rings (SSSR count). The first-order valence-electron chi connectivity index (χ1n) is 7.79. The Labute approximate surface area is 140 Å². The minimum absolute atomic E-state index is 0.319. The molecule has 1 aromatic carbocycles. The highest BCUT2D eigenvalue weighted by Gasteiger charge is 2.10. The van der Waals surface area contributed by atoms with Crippen LogP contribution in [0.25, 0.3) is 10.9 Å². The quantitative estimate of drug-likeness (QED) is 0.691. The maximum atomic E-state index is 10.2. The molecule has 7 heteroatoms. The summed E-state index contributed by atoms with van der Waals surface area (Å²) in [6.07, 6.45) is 1.73. The van der Waals surface area contributed by atoms with Gasteiger partial charge in [-0.3, -0.25) is 0 Å². The number of fused-ring (bicyclic) bond motifs is 1. The number of aliphatic carboxylic acids is 2. The second-order valence-electron chi connectivity index (χ2n) is 5.28. The van der Waals surface area contributed by atoms with Crippen LogP contribution in [0.2, 0.25) is 0 Å². The van der Waals surface area contributed by atoms with Crippen molar-refractivity contribution in [1.82, 2.24) is 9.47 Å². The van der Waals surface area contributed by atoms with Crippen molar-refractivity contribution >= 4 is 22.8 Å². The van der Waals surface area contributed by atoms with Crippen LogP contribution in [0.4, 0.5) is 0 Å². The molecule has 3 N–H and O–H groups in total. The van der Waals surface area contributed by atoms with Crippen molar-refractivity contribution in [1.29, 1.82) is 0 Å². The number of carboxylic acids is 2. The summed E-state index contributed by atoms with van der Waals surface area (Å²) in [7, 11) is 0. The normalized spacial score (nSPS) is 11.8.